The maximum atomic E-state index is 12.5. The Morgan fingerprint density at radius 1 is 1.41 bits per heavy atom. The van der Waals surface area contributed by atoms with Crippen LogP contribution in [0.15, 0.2) is 10.6 Å². The van der Waals surface area contributed by atoms with Crippen molar-refractivity contribution in [2.24, 2.45) is 11.3 Å². The average molecular weight is 402 g/mol. The van der Waals surface area contributed by atoms with Crippen LogP contribution in [0.5, 0.6) is 0 Å². The van der Waals surface area contributed by atoms with Gasteiger partial charge in [0.05, 0.1) is 5.92 Å². The van der Waals surface area contributed by atoms with E-state index in [-0.39, 0.29) is 41.2 Å². The van der Waals surface area contributed by atoms with Gasteiger partial charge in [-0.05, 0) is 25.2 Å². The summed E-state index contributed by atoms with van der Waals surface area (Å²) in [6.45, 7) is 8.63. The molecule has 1 aliphatic heterocycles. The summed E-state index contributed by atoms with van der Waals surface area (Å²) in [6.07, 6.45) is 1.17. The highest BCUT2D eigenvalue weighted by Gasteiger charge is 2.28. The number of halogens is 1. The van der Waals surface area contributed by atoms with Gasteiger partial charge in [0, 0.05) is 19.2 Å². The second kappa shape index (κ2) is 9.70. The Balaban J connectivity index is 0.00000364. The molecule has 9 nitrogen and oxygen atoms in total. The van der Waals surface area contributed by atoms with E-state index < -0.39 is 11.9 Å². The minimum absolute atomic E-state index is 0. The van der Waals surface area contributed by atoms with Crippen molar-refractivity contribution in [3.05, 3.63) is 17.5 Å². The third-order valence-electron chi connectivity index (χ3n) is 4.02. The zero-order valence-corrected chi connectivity index (χ0v) is 16.9. The lowest BCUT2D eigenvalue weighted by molar-refractivity contribution is -0.126. The van der Waals surface area contributed by atoms with E-state index in [9.17, 15) is 14.4 Å². The summed E-state index contributed by atoms with van der Waals surface area (Å²) in [5.74, 6) is -0.506. The fourth-order valence-corrected chi connectivity index (χ4v) is 2.72. The van der Waals surface area contributed by atoms with Gasteiger partial charge in [0.15, 0.2) is 5.69 Å². The summed E-state index contributed by atoms with van der Waals surface area (Å²) in [5.41, 5.74) is 5.33. The normalized spacial score (nSPS) is 17.6. The maximum Gasteiger partial charge on any atom is 0.274 e. The van der Waals surface area contributed by atoms with Gasteiger partial charge in [-0.25, -0.2) is 5.43 Å². The lowest BCUT2D eigenvalue weighted by Crippen LogP contribution is -2.53. The fourth-order valence-electron chi connectivity index (χ4n) is 2.72. The van der Waals surface area contributed by atoms with Gasteiger partial charge in [-0.3, -0.25) is 19.8 Å². The highest BCUT2D eigenvalue weighted by atomic mass is 35.5. The molecule has 0 aromatic carbocycles. The van der Waals surface area contributed by atoms with Gasteiger partial charge in [-0.15, -0.1) is 12.4 Å². The van der Waals surface area contributed by atoms with Crippen LogP contribution in [-0.4, -0.2) is 42.0 Å². The fraction of sp³-hybridized carbons (Fsp3) is 0.647. The average Bonchev–Trinajstić information content (AvgIpc) is 3.14. The molecular weight excluding hydrogens is 374 g/mol. The number of rotatable bonds is 7. The topological polar surface area (TPSA) is 125 Å². The number of hydrogen-bond acceptors (Lipinski definition) is 6. The highest BCUT2D eigenvalue weighted by Crippen LogP contribution is 2.21. The molecule has 2 rings (SSSR count). The molecule has 1 aromatic rings. The van der Waals surface area contributed by atoms with Crippen molar-refractivity contribution in [3.63, 3.8) is 0 Å². The zero-order valence-electron chi connectivity index (χ0n) is 16.0. The van der Waals surface area contributed by atoms with E-state index in [1.54, 1.807) is 6.92 Å². The van der Waals surface area contributed by atoms with E-state index >= 15 is 0 Å². The molecule has 1 saturated heterocycles. The summed E-state index contributed by atoms with van der Waals surface area (Å²) in [7, 11) is 0. The second-order valence-electron chi connectivity index (χ2n) is 7.76. The molecule has 0 bridgehead atoms. The van der Waals surface area contributed by atoms with Crippen LogP contribution in [0, 0.1) is 18.3 Å². The van der Waals surface area contributed by atoms with Crippen molar-refractivity contribution in [1.29, 1.82) is 0 Å². The molecule has 152 valence electrons. The van der Waals surface area contributed by atoms with Gasteiger partial charge in [0.2, 0.25) is 5.91 Å². The van der Waals surface area contributed by atoms with Crippen molar-refractivity contribution in [2.45, 2.75) is 46.6 Å². The Morgan fingerprint density at radius 3 is 2.63 bits per heavy atom. The third kappa shape index (κ3) is 7.18. The van der Waals surface area contributed by atoms with E-state index in [0.717, 1.165) is 6.42 Å². The second-order valence-corrected chi connectivity index (χ2v) is 7.76. The van der Waals surface area contributed by atoms with Gasteiger partial charge in [0.25, 0.3) is 11.8 Å². The third-order valence-corrected chi connectivity index (χ3v) is 4.02. The van der Waals surface area contributed by atoms with Crippen molar-refractivity contribution in [3.8, 4) is 0 Å². The molecule has 1 fully saturated rings. The van der Waals surface area contributed by atoms with Crippen LogP contribution in [0.4, 0.5) is 0 Å². The number of nitrogens with zero attached hydrogens (tertiary/aromatic N) is 1. The first-order valence-corrected chi connectivity index (χ1v) is 8.70. The molecule has 0 aliphatic carbocycles. The molecule has 10 heteroatoms. The van der Waals surface area contributed by atoms with Crippen LogP contribution in [0.3, 0.4) is 0 Å². The Kier molecular flexibility index (Phi) is 8.23. The Morgan fingerprint density at radius 2 is 2.11 bits per heavy atom. The summed E-state index contributed by atoms with van der Waals surface area (Å²) >= 11 is 0. The van der Waals surface area contributed by atoms with Crippen LogP contribution in [0.25, 0.3) is 0 Å². The number of amides is 3. The molecule has 27 heavy (non-hydrogen) atoms. The smallest absolute Gasteiger partial charge is 0.274 e. The quantitative estimate of drug-likeness (QED) is 0.498. The SMILES string of the molecule is Cc1cc(C(=O)N[C@@H](CC(C)(C)C)C(=O)NNC[C@@H]2CCNC2=O)no1.Cl. The van der Waals surface area contributed by atoms with E-state index in [1.165, 1.54) is 6.07 Å². The first-order chi connectivity index (χ1) is 12.2. The summed E-state index contributed by atoms with van der Waals surface area (Å²) in [6, 6.07) is 0.766. The molecule has 0 spiro atoms. The van der Waals surface area contributed by atoms with Crippen LogP contribution in [-0.2, 0) is 9.59 Å². The number of hydrazine groups is 1. The first-order valence-electron chi connectivity index (χ1n) is 8.70. The standard InChI is InChI=1S/C17H27N5O4.ClH/c1-10-7-12(22-26-10)15(24)20-13(8-17(2,3)4)16(25)21-19-9-11-5-6-18-14(11)23;/h7,11,13,19H,5-6,8-9H2,1-4H3,(H,18,23)(H,20,24)(H,21,25);1H/t11-,13-;/m0./s1. The molecule has 3 amide bonds. The van der Waals surface area contributed by atoms with Gasteiger partial charge in [0.1, 0.15) is 11.8 Å². The summed E-state index contributed by atoms with van der Waals surface area (Å²) < 4.78 is 4.90. The number of carbonyl (C=O) groups is 3. The van der Waals surface area contributed by atoms with Gasteiger partial charge in [-0.2, -0.15) is 0 Å². The van der Waals surface area contributed by atoms with Gasteiger partial charge < -0.3 is 15.2 Å². The zero-order chi connectivity index (χ0) is 19.3. The minimum atomic E-state index is -0.746. The van der Waals surface area contributed by atoms with Crippen LogP contribution < -0.4 is 21.5 Å². The summed E-state index contributed by atoms with van der Waals surface area (Å²) in [5, 5.41) is 9.11. The number of aryl methyl sites for hydroxylation is 1. The van der Waals surface area contributed by atoms with E-state index in [4.69, 9.17) is 4.52 Å². The molecule has 0 radical (unpaired) electrons. The predicted molar refractivity (Wildman–Crippen MR) is 101 cm³/mol. The minimum Gasteiger partial charge on any atom is -0.361 e. The van der Waals surface area contributed by atoms with Crippen LogP contribution >= 0.6 is 12.4 Å². The van der Waals surface area contributed by atoms with E-state index in [2.05, 4.69) is 26.6 Å². The van der Waals surface area contributed by atoms with Crippen molar-refractivity contribution < 1.29 is 18.9 Å². The molecule has 2 atom stereocenters. The molecule has 2 heterocycles. The number of nitrogens with one attached hydrogen (secondary N) is 4. The van der Waals surface area contributed by atoms with Gasteiger partial charge >= 0.3 is 0 Å². The van der Waals surface area contributed by atoms with E-state index in [1.807, 2.05) is 20.8 Å². The maximum absolute atomic E-state index is 12.5. The van der Waals surface area contributed by atoms with Crippen LogP contribution in [0.1, 0.15) is 49.9 Å². The number of hydrogen-bond donors (Lipinski definition) is 4. The van der Waals surface area contributed by atoms with Crippen molar-refractivity contribution in [1.82, 2.24) is 26.6 Å². The monoisotopic (exact) mass is 401 g/mol. The number of carbonyl (C=O) groups excluding carboxylic acids is 3. The lowest BCUT2D eigenvalue weighted by atomic mass is 9.87. The molecule has 0 saturated carbocycles. The van der Waals surface area contributed by atoms with Gasteiger partial charge in [-0.1, -0.05) is 25.9 Å². The molecule has 0 unspecified atom stereocenters. The Hall–Kier alpha value is -2.13. The Bertz CT molecular complexity index is 671. The molecule has 1 aliphatic rings. The Labute approximate surface area is 164 Å². The first kappa shape index (κ1) is 22.9. The van der Waals surface area contributed by atoms with Crippen molar-refractivity contribution >= 4 is 30.1 Å². The molecule has 1 aromatic heterocycles. The van der Waals surface area contributed by atoms with Crippen molar-refractivity contribution in [2.75, 3.05) is 13.1 Å². The molecular formula is C17H28ClN5O4. The van der Waals surface area contributed by atoms with Crippen LogP contribution in [0.2, 0.25) is 0 Å². The predicted octanol–water partition coefficient (Wildman–Crippen LogP) is 0.696. The molecule has 4 N–H and O–H groups in total. The largest absolute Gasteiger partial charge is 0.361 e. The highest BCUT2D eigenvalue weighted by molar-refractivity contribution is 5.96. The summed E-state index contributed by atoms with van der Waals surface area (Å²) in [4.78, 5) is 36.4. The van der Waals surface area contributed by atoms with E-state index in [0.29, 0.717) is 25.3 Å². The number of aromatic nitrogens is 1. The lowest BCUT2D eigenvalue weighted by Gasteiger charge is -2.26.